The number of fused-ring (bicyclic) bond motifs is 1. The quantitative estimate of drug-likeness (QED) is 0.690. The number of ether oxygens (including phenoxy) is 1. The first-order valence-electron chi connectivity index (χ1n) is 8.25. The summed E-state index contributed by atoms with van der Waals surface area (Å²) in [5.74, 6) is 0.223. The van der Waals surface area contributed by atoms with Crippen LogP contribution in [0.5, 0.6) is 5.88 Å². The van der Waals surface area contributed by atoms with Crippen LogP contribution in [-0.4, -0.2) is 60.5 Å². The van der Waals surface area contributed by atoms with Crippen molar-refractivity contribution in [1.29, 1.82) is 0 Å². The molecule has 0 radical (unpaired) electrons. The fraction of sp³-hybridized carbons (Fsp3) is 0.562. The highest BCUT2D eigenvalue weighted by molar-refractivity contribution is 5.96. The number of likely N-dealkylation sites (tertiary alicyclic amines) is 1. The zero-order chi connectivity index (χ0) is 17.1. The number of likely N-dealkylation sites (N-methyl/N-ethyl adjacent to an activating group) is 1. The number of carbonyl (C=O) groups excluding carboxylic acids is 2. The van der Waals surface area contributed by atoms with E-state index in [1.54, 1.807) is 30.3 Å². The Morgan fingerprint density at radius 1 is 1.46 bits per heavy atom. The fourth-order valence-corrected chi connectivity index (χ4v) is 3.38. The minimum atomic E-state index is -0.337. The van der Waals surface area contributed by atoms with E-state index >= 15 is 0 Å². The van der Waals surface area contributed by atoms with Gasteiger partial charge in [-0.05, 0) is 25.5 Å². The van der Waals surface area contributed by atoms with Gasteiger partial charge in [0.1, 0.15) is 11.6 Å². The molecule has 1 aromatic heterocycles. The summed E-state index contributed by atoms with van der Waals surface area (Å²) in [7, 11) is 1.62. The molecule has 2 aliphatic rings. The zero-order valence-corrected chi connectivity index (χ0v) is 13.9. The van der Waals surface area contributed by atoms with Gasteiger partial charge in [0.05, 0.1) is 6.61 Å². The Bertz CT molecular complexity index is 623. The third-order valence-electron chi connectivity index (χ3n) is 4.61. The lowest BCUT2D eigenvalue weighted by Crippen LogP contribution is -2.51. The highest BCUT2D eigenvalue weighted by Crippen LogP contribution is 2.27. The predicted molar refractivity (Wildman–Crippen MR) is 87.3 cm³/mol. The molecule has 0 aromatic carbocycles. The number of carbonyl (C=O) groups is 2. The highest BCUT2D eigenvalue weighted by atomic mass is 16.5. The minimum Gasteiger partial charge on any atom is -0.477 e. The van der Waals surface area contributed by atoms with Crippen molar-refractivity contribution in [2.75, 3.05) is 26.7 Å². The molecule has 3 atom stereocenters. The van der Waals surface area contributed by atoms with Crippen molar-refractivity contribution in [3.05, 3.63) is 23.9 Å². The van der Waals surface area contributed by atoms with Crippen LogP contribution in [0, 0.1) is 5.92 Å². The number of pyridine rings is 1. The summed E-state index contributed by atoms with van der Waals surface area (Å²) in [6.45, 7) is 3.46. The first-order valence-corrected chi connectivity index (χ1v) is 8.25. The van der Waals surface area contributed by atoms with Crippen molar-refractivity contribution >= 4 is 11.8 Å². The molecule has 2 amide bonds. The van der Waals surface area contributed by atoms with Crippen molar-refractivity contribution in [2.45, 2.75) is 25.4 Å². The Labute approximate surface area is 140 Å². The Balaban J connectivity index is 1.76. The number of rotatable bonds is 4. The van der Waals surface area contributed by atoms with Gasteiger partial charge >= 0.3 is 0 Å². The predicted octanol–water partition coefficient (Wildman–Crippen LogP) is -0.467. The largest absolute Gasteiger partial charge is 0.477 e. The second kappa shape index (κ2) is 7.14. The van der Waals surface area contributed by atoms with Crippen molar-refractivity contribution in [3.8, 4) is 5.88 Å². The van der Waals surface area contributed by atoms with Crippen LogP contribution in [0.1, 0.15) is 23.7 Å². The minimum absolute atomic E-state index is 0.0369. The van der Waals surface area contributed by atoms with E-state index in [1.807, 2.05) is 6.92 Å². The van der Waals surface area contributed by atoms with Gasteiger partial charge in [-0.2, -0.15) is 0 Å². The third kappa shape index (κ3) is 3.07. The van der Waals surface area contributed by atoms with Gasteiger partial charge in [0.2, 0.25) is 11.8 Å². The molecule has 2 saturated heterocycles. The van der Waals surface area contributed by atoms with Gasteiger partial charge in [0.15, 0.2) is 0 Å². The van der Waals surface area contributed by atoms with Gasteiger partial charge in [-0.25, -0.2) is 10.4 Å². The molecular weight excluding hydrogens is 310 g/mol. The van der Waals surface area contributed by atoms with E-state index in [-0.39, 0.29) is 29.8 Å². The summed E-state index contributed by atoms with van der Waals surface area (Å²) < 4.78 is 5.46. The molecule has 3 N–H and O–H groups in total. The summed E-state index contributed by atoms with van der Waals surface area (Å²) in [5, 5.41) is 2.67. The van der Waals surface area contributed by atoms with Gasteiger partial charge in [-0.1, -0.05) is 0 Å². The van der Waals surface area contributed by atoms with Crippen LogP contribution in [0.4, 0.5) is 0 Å². The topological polar surface area (TPSA) is 95.6 Å². The molecule has 8 nitrogen and oxygen atoms in total. The smallest absolute Gasteiger partial charge is 0.259 e. The van der Waals surface area contributed by atoms with Crippen LogP contribution < -0.4 is 20.9 Å². The first-order chi connectivity index (χ1) is 11.7. The molecule has 0 spiro atoms. The number of piperidine rings is 1. The van der Waals surface area contributed by atoms with Crippen molar-refractivity contribution in [1.82, 2.24) is 26.1 Å². The Morgan fingerprint density at radius 2 is 2.29 bits per heavy atom. The van der Waals surface area contributed by atoms with Crippen molar-refractivity contribution in [2.24, 2.45) is 5.92 Å². The lowest BCUT2D eigenvalue weighted by atomic mass is 9.87. The monoisotopic (exact) mass is 333 g/mol. The van der Waals surface area contributed by atoms with Crippen LogP contribution >= 0.6 is 0 Å². The van der Waals surface area contributed by atoms with Gasteiger partial charge in [0.25, 0.3) is 5.91 Å². The summed E-state index contributed by atoms with van der Waals surface area (Å²) in [5.41, 5.74) is 6.68. The number of nitrogens with zero attached hydrogens (tertiary/aromatic N) is 2. The second-order valence-electron chi connectivity index (χ2n) is 5.98. The Kier molecular flexibility index (Phi) is 4.96. The highest BCUT2D eigenvalue weighted by Gasteiger charge is 2.44. The van der Waals surface area contributed by atoms with Gasteiger partial charge < -0.3 is 15.0 Å². The van der Waals surface area contributed by atoms with Crippen molar-refractivity contribution < 1.29 is 14.3 Å². The number of hydrazine groups is 1. The lowest BCUT2D eigenvalue weighted by molar-refractivity contribution is -0.123. The second-order valence-corrected chi connectivity index (χ2v) is 5.98. The molecule has 1 aromatic rings. The molecule has 130 valence electrons. The van der Waals surface area contributed by atoms with Crippen molar-refractivity contribution in [3.63, 3.8) is 0 Å². The number of hydrogen-bond donors (Lipinski definition) is 3. The first kappa shape index (κ1) is 16.7. The molecule has 0 bridgehead atoms. The SMILES string of the molecule is CCOc1ncccc1C(=O)N1CCC2NNC(C(=O)NC)C2C1. The van der Waals surface area contributed by atoms with E-state index in [0.717, 1.165) is 6.42 Å². The van der Waals surface area contributed by atoms with E-state index < -0.39 is 0 Å². The lowest BCUT2D eigenvalue weighted by Gasteiger charge is -2.35. The maximum Gasteiger partial charge on any atom is 0.259 e. The van der Waals surface area contributed by atoms with Crippen LogP contribution in [0.15, 0.2) is 18.3 Å². The fourth-order valence-electron chi connectivity index (χ4n) is 3.38. The number of nitrogens with one attached hydrogen (secondary N) is 3. The molecule has 2 aliphatic heterocycles. The van der Waals surface area contributed by atoms with E-state index in [4.69, 9.17) is 4.74 Å². The Morgan fingerprint density at radius 3 is 3.04 bits per heavy atom. The standard InChI is InChI=1S/C16H23N5O3/c1-3-24-15-10(5-4-7-18-15)16(23)21-8-6-12-11(9-21)13(20-19-12)14(22)17-2/h4-5,7,11-13,19-20H,3,6,8-9H2,1-2H3,(H,17,22). The average molecular weight is 333 g/mol. The van der Waals surface area contributed by atoms with Crippen LogP contribution in [0.3, 0.4) is 0 Å². The number of amides is 2. The van der Waals surface area contributed by atoms with Crippen LogP contribution in [0.25, 0.3) is 0 Å². The van der Waals surface area contributed by atoms with Crippen LogP contribution in [0.2, 0.25) is 0 Å². The van der Waals surface area contributed by atoms with Crippen LogP contribution in [-0.2, 0) is 4.79 Å². The molecular formula is C16H23N5O3. The van der Waals surface area contributed by atoms with Gasteiger partial charge in [0, 0.05) is 38.3 Å². The van der Waals surface area contributed by atoms with Gasteiger partial charge in [-0.3, -0.25) is 15.0 Å². The Hall–Kier alpha value is -2.19. The molecule has 24 heavy (non-hydrogen) atoms. The van der Waals surface area contributed by atoms with Gasteiger partial charge in [-0.15, -0.1) is 0 Å². The zero-order valence-electron chi connectivity index (χ0n) is 13.9. The van der Waals surface area contributed by atoms with E-state index in [1.165, 1.54) is 0 Å². The molecule has 3 heterocycles. The third-order valence-corrected chi connectivity index (χ3v) is 4.61. The summed E-state index contributed by atoms with van der Waals surface area (Å²) in [6.07, 6.45) is 2.40. The molecule has 0 saturated carbocycles. The van der Waals surface area contributed by atoms with E-state index in [9.17, 15) is 9.59 Å². The van der Waals surface area contributed by atoms with E-state index in [2.05, 4.69) is 21.2 Å². The van der Waals surface area contributed by atoms with E-state index in [0.29, 0.717) is 31.1 Å². The maximum atomic E-state index is 12.9. The molecule has 3 unspecified atom stereocenters. The summed E-state index contributed by atoms with van der Waals surface area (Å²) >= 11 is 0. The number of aromatic nitrogens is 1. The number of hydrogen-bond acceptors (Lipinski definition) is 6. The molecule has 0 aliphatic carbocycles. The summed E-state index contributed by atoms with van der Waals surface area (Å²) in [4.78, 5) is 30.8. The molecule has 8 heteroatoms. The average Bonchev–Trinajstić information content (AvgIpc) is 3.04. The molecule has 3 rings (SSSR count). The molecule has 2 fully saturated rings. The maximum absolute atomic E-state index is 12.9. The normalized spacial score (nSPS) is 25.9. The summed E-state index contributed by atoms with van der Waals surface area (Å²) in [6, 6.07) is 3.31.